The Kier molecular flexibility index (Phi) is 10.00. The summed E-state index contributed by atoms with van der Waals surface area (Å²) >= 11 is 0. The van der Waals surface area contributed by atoms with E-state index < -0.39 is 0 Å². The van der Waals surface area contributed by atoms with E-state index in [9.17, 15) is 0 Å². The van der Waals surface area contributed by atoms with E-state index in [1.54, 1.807) is 36.4 Å². The largest absolute Gasteiger partial charge is 0.494 e. The number of nitriles is 3. The van der Waals surface area contributed by atoms with Gasteiger partial charge >= 0.3 is 0 Å². The number of rotatable bonds is 11. The zero-order chi connectivity index (χ0) is 18.3. The average molecular weight is 336 g/mol. The molecule has 0 saturated heterocycles. The highest BCUT2D eigenvalue weighted by Crippen LogP contribution is 2.18. The van der Waals surface area contributed by atoms with E-state index in [2.05, 4.69) is 12.2 Å². The third kappa shape index (κ3) is 7.91. The minimum atomic E-state index is -0.234. The van der Waals surface area contributed by atoms with Crippen LogP contribution in [0.5, 0.6) is 5.75 Å². The second-order valence-electron chi connectivity index (χ2n) is 5.70. The van der Waals surface area contributed by atoms with Gasteiger partial charge in [0.2, 0.25) is 0 Å². The van der Waals surface area contributed by atoms with Crippen LogP contribution in [0, 0.1) is 34.0 Å². The molecule has 0 saturated carbocycles. The third-order valence-electron chi connectivity index (χ3n) is 3.73. The van der Waals surface area contributed by atoms with Crippen LogP contribution in [0.15, 0.2) is 35.5 Å². The maximum Gasteiger partial charge on any atom is 0.163 e. The van der Waals surface area contributed by atoms with Gasteiger partial charge in [0.1, 0.15) is 29.7 Å². The third-order valence-corrected chi connectivity index (χ3v) is 3.73. The van der Waals surface area contributed by atoms with Crippen LogP contribution < -0.4 is 10.1 Å². The first-order valence-electron chi connectivity index (χ1n) is 8.69. The van der Waals surface area contributed by atoms with Crippen LogP contribution in [0.1, 0.15) is 51.9 Å². The lowest BCUT2D eigenvalue weighted by molar-refractivity contribution is 0.304. The predicted molar refractivity (Wildman–Crippen MR) is 97.4 cm³/mol. The van der Waals surface area contributed by atoms with Gasteiger partial charge in [-0.05, 0) is 30.7 Å². The Bertz CT molecular complexity index is 656. The van der Waals surface area contributed by atoms with E-state index in [-0.39, 0.29) is 11.3 Å². The van der Waals surface area contributed by atoms with Gasteiger partial charge in [-0.3, -0.25) is 0 Å². The van der Waals surface area contributed by atoms with Gasteiger partial charge in [0.05, 0.1) is 6.61 Å². The molecule has 1 aromatic carbocycles. The number of benzene rings is 1. The highest BCUT2D eigenvalue weighted by atomic mass is 16.5. The zero-order valence-electron chi connectivity index (χ0n) is 14.7. The Morgan fingerprint density at radius 3 is 2.04 bits per heavy atom. The van der Waals surface area contributed by atoms with E-state index in [0.29, 0.717) is 12.3 Å². The zero-order valence-corrected chi connectivity index (χ0v) is 14.7. The molecule has 0 aliphatic rings. The summed E-state index contributed by atoms with van der Waals surface area (Å²) in [5.41, 5.74) is 0.339. The summed E-state index contributed by atoms with van der Waals surface area (Å²) in [5, 5.41) is 29.4. The summed E-state index contributed by atoms with van der Waals surface area (Å²) in [6.45, 7) is 2.91. The van der Waals surface area contributed by atoms with Gasteiger partial charge in [0, 0.05) is 5.69 Å². The van der Waals surface area contributed by atoms with Crippen molar-refractivity contribution in [2.24, 2.45) is 0 Å². The molecule has 1 rings (SSSR count). The molecule has 5 nitrogen and oxygen atoms in total. The fourth-order valence-corrected chi connectivity index (χ4v) is 2.31. The lowest BCUT2D eigenvalue weighted by atomic mass is 10.1. The second kappa shape index (κ2) is 12.5. The van der Waals surface area contributed by atoms with Crippen LogP contribution in [-0.4, -0.2) is 6.61 Å². The molecule has 5 heteroatoms. The van der Waals surface area contributed by atoms with Crippen molar-refractivity contribution >= 4 is 5.69 Å². The highest BCUT2D eigenvalue weighted by Gasteiger charge is 2.06. The van der Waals surface area contributed by atoms with E-state index >= 15 is 0 Å². The van der Waals surface area contributed by atoms with Crippen LogP contribution >= 0.6 is 0 Å². The molecule has 0 aliphatic carbocycles. The van der Waals surface area contributed by atoms with Crippen LogP contribution in [-0.2, 0) is 0 Å². The van der Waals surface area contributed by atoms with Crippen molar-refractivity contribution in [3.8, 4) is 24.0 Å². The van der Waals surface area contributed by atoms with Gasteiger partial charge in [0.15, 0.2) is 5.57 Å². The number of ether oxygens (including phenoxy) is 1. The number of allylic oxidation sites excluding steroid dienone is 2. The fraction of sp³-hybridized carbons (Fsp3) is 0.450. The molecule has 25 heavy (non-hydrogen) atoms. The van der Waals surface area contributed by atoms with Crippen molar-refractivity contribution in [3.05, 3.63) is 35.5 Å². The minimum absolute atomic E-state index is 0.0539. The van der Waals surface area contributed by atoms with Crippen molar-refractivity contribution in [1.29, 1.82) is 15.8 Å². The van der Waals surface area contributed by atoms with E-state index in [4.69, 9.17) is 20.5 Å². The first kappa shape index (κ1) is 20.1. The number of nitrogens with one attached hydrogen (secondary N) is 1. The SMILES string of the molecule is CCCCCCCCCOc1ccc(NC(C#N)=C(C#N)C#N)cc1. The number of anilines is 1. The molecule has 0 atom stereocenters. The van der Waals surface area contributed by atoms with E-state index in [1.165, 1.54) is 38.5 Å². The summed E-state index contributed by atoms with van der Waals surface area (Å²) in [7, 11) is 0. The van der Waals surface area contributed by atoms with E-state index in [0.717, 1.165) is 12.2 Å². The second-order valence-corrected chi connectivity index (χ2v) is 5.70. The van der Waals surface area contributed by atoms with Gasteiger partial charge in [-0.2, -0.15) is 15.8 Å². The Hall–Kier alpha value is -2.97. The van der Waals surface area contributed by atoms with Gasteiger partial charge < -0.3 is 10.1 Å². The van der Waals surface area contributed by atoms with E-state index in [1.807, 2.05) is 6.07 Å². The molecule has 0 radical (unpaired) electrons. The topological polar surface area (TPSA) is 92.6 Å². The van der Waals surface area contributed by atoms with Crippen LogP contribution in [0.4, 0.5) is 5.69 Å². The predicted octanol–water partition coefficient (Wildman–Crippen LogP) is 5.05. The maximum absolute atomic E-state index is 9.01. The van der Waals surface area contributed by atoms with Gasteiger partial charge in [-0.15, -0.1) is 0 Å². The standard InChI is InChI=1S/C20H24N4O/c1-2-3-4-5-6-7-8-13-25-19-11-9-18(10-12-19)24-20(16-23)17(14-21)15-22/h9-12,24H,2-8,13H2,1H3. The van der Waals surface area contributed by atoms with Crippen molar-refractivity contribution in [2.45, 2.75) is 51.9 Å². The normalized spacial score (nSPS) is 9.36. The van der Waals surface area contributed by atoms with Crippen LogP contribution in [0.2, 0.25) is 0 Å². The molecule has 130 valence electrons. The summed E-state index contributed by atoms with van der Waals surface area (Å²) in [6, 6.07) is 12.3. The number of hydrogen-bond donors (Lipinski definition) is 1. The molecule has 0 heterocycles. The molecule has 0 aliphatic heterocycles. The Labute approximate surface area is 150 Å². The smallest absolute Gasteiger partial charge is 0.163 e. The summed E-state index contributed by atoms with van der Waals surface area (Å²) < 4.78 is 5.70. The van der Waals surface area contributed by atoms with Crippen LogP contribution in [0.25, 0.3) is 0 Å². The number of hydrogen-bond acceptors (Lipinski definition) is 5. The quantitative estimate of drug-likeness (QED) is 0.450. The lowest BCUT2D eigenvalue weighted by Crippen LogP contribution is -2.01. The van der Waals surface area contributed by atoms with Crippen molar-refractivity contribution in [1.82, 2.24) is 0 Å². The molecule has 0 bridgehead atoms. The number of nitrogens with zero attached hydrogens (tertiary/aromatic N) is 3. The molecular weight excluding hydrogens is 312 g/mol. The van der Waals surface area contributed by atoms with Crippen molar-refractivity contribution < 1.29 is 4.74 Å². The Morgan fingerprint density at radius 2 is 1.48 bits per heavy atom. The fourth-order valence-electron chi connectivity index (χ4n) is 2.31. The highest BCUT2D eigenvalue weighted by molar-refractivity contribution is 5.58. The molecule has 0 fully saturated rings. The lowest BCUT2D eigenvalue weighted by Gasteiger charge is -2.08. The minimum Gasteiger partial charge on any atom is -0.494 e. The first-order chi connectivity index (χ1) is 12.2. The molecule has 1 N–H and O–H groups in total. The van der Waals surface area contributed by atoms with Gasteiger partial charge in [-0.1, -0.05) is 45.4 Å². The molecule has 1 aromatic rings. The van der Waals surface area contributed by atoms with Gasteiger partial charge in [0.25, 0.3) is 0 Å². The maximum atomic E-state index is 9.01. The Balaban J connectivity index is 2.37. The number of unbranched alkanes of at least 4 members (excludes halogenated alkanes) is 6. The monoisotopic (exact) mass is 336 g/mol. The molecule has 0 aromatic heterocycles. The van der Waals surface area contributed by atoms with Crippen molar-refractivity contribution in [2.75, 3.05) is 11.9 Å². The van der Waals surface area contributed by atoms with Crippen molar-refractivity contribution in [3.63, 3.8) is 0 Å². The van der Waals surface area contributed by atoms with Gasteiger partial charge in [-0.25, -0.2) is 0 Å². The molecule has 0 amide bonds. The Morgan fingerprint density at radius 1 is 0.880 bits per heavy atom. The molecule has 0 spiro atoms. The first-order valence-corrected chi connectivity index (χ1v) is 8.69. The summed E-state index contributed by atoms with van der Waals surface area (Å²) in [4.78, 5) is 0. The summed E-state index contributed by atoms with van der Waals surface area (Å²) in [6.07, 6.45) is 8.71. The van der Waals surface area contributed by atoms with Crippen LogP contribution in [0.3, 0.4) is 0 Å². The molecular formula is C20H24N4O. The molecule has 0 unspecified atom stereocenters. The average Bonchev–Trinajstić information content (AvgIpc) is 2.65. The summed E-state index contributed by atoms with van der Waals surface area (Å²) in [5.74, 6) is 0.764.